The minimum absolute atomic E-state index is 0.184. The molecule has 0 N–H and O–H groups in total. The van der Waals surface area contributed by atoms with Crippen molar-refractivity contribution in [1.82, 2.24) is 0 Å². The zero-order valence-electron chi connectivity index (χ0n) is 37.0. The number of methoxy groups -OCH3 is 1. The standard InChI is InChI=1S/C55H60O10/c1-56-55-54(62-38-46-30-18-7-19-31-46)53(61-37-45-28-16-6-17-29-45)52(49(64-55)40-58-34-42-22-10-3-11-23-42)65-50-32-47(59-35-43-24-12-4-13-25-43)51(60-36-44-26-14-5-15-27-44)48(63-50)39-57-33-41-20-8-2-9-21-41/h2-31,47-55H,32-40H2,1H3/t47-,48-,49-,50-,51+,52-,53+,54-,55+/m1/s1. The van der Waals surface area contributed by atoms with Crippen molar-refractivity contribution in [1.29, 1.82) is 0 Å². The van der Waals surface area contributed by atoms with Crippen molar-refractivity contribution in [3.05, 3.63) is 215 Å². The number of hydrogen-bond acceptors (Lipinski definition) is 10. The van der Waals surface area contributed by atoms with Crippen LogP contribution in [0.25, 0.3) is 0 Å². The molecule has 0 radical (unpaired) electrons. The highest BCUT2D eigenvalue weighted by Crippen LogP contribution is 2.35. The van der Waals surface area contributed by atoms with Crippen LogP contribution in [0.5, 0.6) is 0 Å². The molecule has 0 bridgehead atoms. The van der Waals surface area contributed by atoms with Crippen molar-refractivity contribution in [2.75, 3.05) is 20.3 Å². The largest absolute Gasteiger partial charge is 0.374 e. The first-order chi connectivity index (χ1) is 32.2. The Morgan fingerprint density at radius 2 is 0.738 bits per heavy atom. The average Bonchev–Trinajstić information content (AvgIpc) is 3.36. The molecule has 8 rings (SSSR count). The second kappa shape index (κ2) is 25.0. The smallest absolute Gasteiger partial charge is 0.186 e. The molecule has 9 atom stereocenters. The van der Waals surface area contributed by atoms with Crippen molar-refractivity contribution in [2.45, 2.75) is 101 Å². The molecular weight excluding hydrogens is 821 g/mol. The number of rotatable bonds is 23. The van der Waals surface area contributed by atoms with Crippen LogP contribution < -0.4 is 0 Å². The molecule has 0 aliphatic carbocycles. The molecule has 2 heterocycles. The van der Waals surface area contributed by atoms with Crippen molar-refractivity contribution >= 4 is 0 Å². The normalized spacial score (nSPS) is 24.4. The highest BCUT2D eigenvalue weighted by Gasteiger charge is 2.51. The Bertz CT molecular complexity index is 2190. The van der Waals surface area contributed by atoms with E-state index in [0.29, 0.717) is 46.1 Å². The maximum absolute atomic E-state index is 7.23. The fourth-order valence-electron chi connectivity index (χ4n) is 8.21. The Hall–Kier alpha value is -5.08. The van der Waals surface area contributed by atoms with E-state index in [4.69, 9.17) is 47.4 Å². The topological polar surface area (TPSA) is 92.3 Å². The van der Waals surface area contributed by atoms with Crippen molar-refractivity contribution in [3.8, 4) is 0 Å². The molecule has 0 saturated carbocycles. The lowest BCUT2D eigenvalue weighted by Crippen LogP contribution is -2.63. The number of ether oxygens (including phenoxy) is 10. The van der Waals surface area contributed by atoms with Crippen molar-refractivity contribution in [2.24, 2.45) is 0 Å². The number of hydrogen-bond donors (Lipinski definition) is 0. The Morgan fingerprint density at radius 1 is 0.385 bits per heavy atom. The van der Waals surface area contributed by atoms with E-state index in [1.165, 1.54) is 0 Å². The van der Waals surface area contributed by atoms with Gasteiger partial charge in [-0.15, -0.1) is 0 Å². The highest BCUT2D eigenvalue weighted by molar-refractivity contribution is 5.18. The minimum atomic E-state index is -0.797. The SMILES string of the molecule is CO[C@H]1O[C@H](COCc2ccccc2)[C@@H](O[C@@H]2C[C@@H](OCc3ccccc3)[C@H](OCc3ccccc3)[C@@H](COCc3ccccc3)O2)[C@H](OCc2ccccc2)[C@H]1OCc1ccccc1. The van der Waals surface area contributed by atoms with Gasteiger partial charge < -0.3 is 47.4 Å². The summed E-state index contributed by atoms with van der Waals surface area (Å²) in [7, 11) is 1.62. The summed E-state index contributed by atoms with van der Waals surface area (Å²) in [6.07, 6.45) is -5.51. The Morgan fingerprint density at radius 3 is 1.15 bits per heavy atom. The monoisotopic (exact) mass is 880 g/mol. The summed E-state index contributed by atoms with van der Waals surface area (Å²) in [5.41, 5.74) is 6.19. The van der Waals surface area contributed by atoms with E-state index < -0.39 is 55.3 Å². The maximum atomic E-state index is 7.23. The van der Waals surface area contributed by atoms with Crippen molar-refractivity contribution < 1.29 is 47.4 Å². The van der Waals surface area contributed by atoms with Crippen molar-refractivity contribution in [3.63, 3.8) is 0 Å². The van der Waals surface area contributed by atoms with Gasteiger partial charge in [0.2, 0.25) is 0 Å². The first-order valence-corrected chi connectivity index (χ1v) is 22.5. The molecule has 10 nitrogen and oxygen atoms in total. The van der Waals surface area contributed by atoms with Crippen LogP contribution in [0, 0.1) is 0 Å². The quantitative estimate of drug-likeness (QED) is 0.0620. The van der Waals surface area contributed by atoms with Gasteiger partial charge >= 0.3 is 0 Å². The molecule has 0 spiro atoms. The van der Waals surface area contributed by atoms with Crippen LogP contribution >= 0.6 is 0 Å². The van der Waals surface area contributed by atoms with Crippen LogP contribution in [-0.4, -0.2) is 75.6 Å². The van der Waals surface area contributed by atoms with Gasteiger partial charge in [-0.3, -0.25) is 0 Å². The van der Waals surface area contributed by atoms with E-state index in [9.17, 15) is 0 Å². The van der Waals surface area contributed by atoms with Crippen LogP contribution in [0.2, 0.25) is 0 Å². The molecule has 6 aromatic rings. The van der Waals surface area contributed by atoms with Crippen LogP contribution in [0.15, 0.2) is 182 Å². The fraction of sp³-hybridized carbons (Fsp3) is 0.345. The fourth-order valence-corrected chi connectivity index (χ4v) is 8.21. The molecule has 6 aromatic carbocycles. The maximum Gasteiger partial charge on any atom is 0.186 e. The van der Waals surface area contributed by atoms with Gasteiger partial charge in [0.05, 0.1) is 59.0 Å². The molecule has 2 aliphatic heterocycles. The third-order valence-corrected chi connectivity index (χ3v) is 11.6. The summed E-state index contributed by atoms with van der Waals surface area (Å²) in [5.74, 6) is 0. The molecule has 340 valence electrons. The van der Waals surface area contributed by atoms with Gasteiger partial charge in [-0.05, 0) is 33.4 Å². The molecule has 10 heteroatoms. The van der Waals surface area contributed by atoms with Gasteiger partial charge in [-0.1, -0.05) is 182 Å². The van der Waals surface area contributed by atoms with E-state index >= 15 is 0 Å². The van der Waals surface area contributed by atoms with Crippen LogP contribution in [0.4, 0.5) is 0 Å². The van der Waals surface area contributed by atoms with E-state index in [0.717, 1.165) is 33.4 Å². The van der Waals surface area contributed by atoms with E-state index in [1.54, 1.807) is 7.11 Å². The zero-order chi connectivity index (χ0) is 44.3. The van der Waals surface area contributed by atoms with Crippen LogP contribution in [0.3, 0.4) is 0 Å². The van der Waals surface area contributed by atoms with Gasteiger partial charge in [-0.2, -0.15) is 0 Å². The van der Waals surface area contributed by atoms with E-state index in [-0.39, 0.29) is 13.2 Å². The van der Waals surface area contributed by atoms with Gasteiger partial charge in [0.15, 0.2) is 12.6 Å². The van der Waals surface area contributed by atoms with Gasteiger partial charge in [0, 0.05) is 13.5 Å². The molecule has 2 aliphatic rings. The summed E-state index contributed by atoms with van der Waals surface area (Å²) in [4.78, 5) is 0. The second-order valence-electron chi connectivity index (χ2n) is 16.3. The highest BCUT2D eigenvalue weighted by atomic mass is 16.7. The molecule has 0 aromatic heterocycles. The molecule has 2 saturated heterocycles. The predicted molar refractivity (Wildman–Crippen MR) is 246 cm³/mol. The Balaban J connectivity index is 1.10. The average molecular weight is 881 g/mol. The summed E-state index contributed by atoms with van der Waals surface area (Å²) in [6.45, 7) is 2.53. The first-order valence-electron chi connectivity index (χ1n) is 22.5. The Labute approximate surface area is 383 Å². The van der Waals surface area contributed by atoms with Crippen LogP contribution in [-0.2, 0) is 87.0 Å². The van der Waals surface area contributed by atoms with E-state index in [2.05, 4.69) is 24.3 Å². The van der Waals surface area contributed by atoms with Gasteiger partial charge in [-0.25, -0.2) is 0 Å². The van der Waals surface area contributed by atoms with E-state index in [1.807, 2.05) is 158 Å². The summed E-state index contributed by atoms with van der Waals surface area (Å²) >= 11 is 0. The van der Waals surface area contributed by atoms with Crippen LogP contribution in [0.1, 0.15) is 39.8 Å². The third kappa shape index (κ3) is 14.0. The number of benzene rings is 6. The lowest BCUT2D eigenvalue weighted by atomic mass is 9.97. The molecule has 2 fully saturated rings. The van der Waals surface area contributed by atoms with Gasteiger partial charge in [0.25, 0.3) is 0 Å². The minimum Gasteiger partial charge on any atom is -0.374 e. The predicted octanol–water partition coefficient (Wildman–Crippen LogP) is 9.63. The lowest BCUT2D eigenvalue weighted by Gasteiger charge is -2.48. The molecule has 65 heavy (non-hydrogen) atoms. The summed E-state index contributed by atoms with van der Waals surface area (Å²) in [6, 6.07) is 60.5. The molecule has 0 amide bonds. The van der Waals surface area contributed by atoms with Gasteiger partial charge in [0.1, 0.15) is 36.6 Å². The Kier molecular flexibility index (Phi) is 17.9. The third-order valence-electron chi connectivity index (χ3n) is 11.6. The lowest BCUT2D eigenvalue weighted by molar-refractivity contribution is -0.355. The second-order valence-corrected chi connectivity index (χ2v) is 16.3. The summed E-state index contributed by atoms with van der Waals surface area (Å²) < 4.78 is 67.1. The summed E-state index contributed by atoms with van der Waals surface area (Å²) in [5, 5.41) is 0. The molecular formula is C55H60O10. The molecule has 0 unspecified atom stereocenters. The first kappa shape index (κ1) is 46.4. The zero-order valence-corrected chi connectivity index (χ0v) is 37.0.